The molecule has 0 aromatic carbocycles. The van der Waals surface area contributed by atoms with Gasteiger partial charge in [-0.05, 0) is 6.07 Å². The van der Waals surface area contributed by atoms with Crippen LogP contribution in [0.2, 0.25) is 0 Å². The van der Waals surface area contributed by atoms with E-state index in [2.05, 4.69) is 4.42 Å². The van der Waals surface area contributed by atoms with Gasteiger partial charge in [-0.3, -0.25) is 4.79 Å². The maximum absolute atomic E-state index is 12.0. The SMILES string of the molecule is O=C(O)C1CC(O)CN1C(=O)c1ccc(=O)oc1. The van der Waals surface area contributed by atoms with Crippen molar-refractivity contribution >= 4 is 11.9 Å². The van der Waals surface area contributed by atoms with Gasteiger partial charge in [0.2, 0.25) is 0 Å². The number of nitrogens with zero attached hydrogens (tertiary/aromatic N) is 1. The third kappa shape index (κ3) is 2.25. The molecule has 2 heterocycles. The van der Waals surface area contributed by atoms with Crippen LogP contribution in [-0.2, 0) is 4.79 Å². The predicted molar refractivity (Wildman–Crippen MR) is 58.1 cm³/mol. The highest BCUT2D eigenvalue weighted by atomic mass is 16.4. The number of hydrogen-bond donors (Lipinski definition) is 2. The molecule has 96 valence electrons. The quantitative estimate of drug-likeness (QED) is 0.721. The molecule has 2 N–H and O–H groups in total. The highest BCUT2D eigenvalue weighted by Gasteiger charge is 2.39. The van der Waals surface area contributed by atoms with Crippen LogP contribution < -0.4 is 5.63 Å². The zero-order valence-electron chi connectivity index (χ0n) is 9.28. The first-order chi connectivity index (χ1) is 8.49. The van der Waals surface area contributed by atoms with Crippen molar-refractivity contribution in [2.75, 3.05) is 6.54 Å². The van der Waals surface area contributed by atoms with Crippen LogP contribution in [0.1, 0.15) is 16.8 Å². The molecule has 2 rings (SSSR count). The number of aliphatic carboxylic acids is 1. The van der Waals surface area contributed by atoms with Gasteiger partial charge in [0.05, 0.1) is 11.7 Å². The number of likely N-dealkylation sites (tertiary alicyclic amines) is 1. The molecule has 0 spiro atoms. The Morgan fingerprint density at radius 1 is 1.39 bits per heavy atom. The van der Waals surface area contributed by atoms with Crippen LogP contribution in [0.15, 0.2) is 27.6 Å². The molecule has 0 saturated carbocycles. The maximum atomic E-state index is 12.0. The van der Waals surface area contributed by atoms with Crippen LogP contribution in [0, 0.1) is 0 Å². The predicted octanol–water partition coefficient (Wildman–Crippen LogP) is -0.700. The lowest BCUT2D eigenvalue weighted by Gasteiger charge is -2.20. The van der Waals surface area contributed by atoms with Gasteiger partial charge < -0.3 is 19.5 Å². The molecule has 2 atom stereocenters. The lowest BCUT2D eigenvalue weighted by atomic mass is 10.2. The summed E-state index contributed by atoms with van der Waals surface area (Å²) in [5, 5.41) is 18.4. The summed E-state index contributed by atoms with van der Waals surface area (Å²) in [6.07, 6.45) is 0.123. The molecule has 2 unspecified atom stereocenters. The molecular weight excluding hydrogens is 242 g/mol. The molecule has 0 aliphatic carbocycles. The molecular formula is C11H11NO6. The molecule has 1 saturated heterocycles. The van der Waals surface area contributed by atoms with E-state index >= 15 is 0 Å². The average molecular weight is 253 g/mol. The van der Waals surface area contributed by atoms with Gasteiger partial charge >= 0.3 is 11.6 Å². The number of aliphatic hydroxyl groups excluding tert-OH is 1. The van der Waals surface area contributed by atoms with Gasteiger partial charge in [0.15, 0.2) is 0 Å². The van der Waals surface area contributed by atoms with E-state index in [0.717, 1.165) is 17.2 Å². The van der Waals surface area contributed by atoms with Gasteiger partial charge in [-0.2, -0.15) is 0 Å². The number of hydrogen-bond acceptors (Lipinski definition) is 5. The summed E-state index contributed by atoms with van der Waals surface area (Å²) >= 11 is 0. The van der Waals surface area contributed by atoms with Crippen LogP contribution in [0.5, 0.6) is 0 Å². The number of carbonyl (C=O) groups is 2. The topological polar surface area (TPSA) is 108 Å². The first-order valence-electron chi connectivity index (χ1n) is 5.29. The zero-order chi connectivity index (χ0) is 13.3. The molecule has 1 fully saturated rings. The second-order valence-electron chi connectivity index (χ2n) is 4.04. The Labute approximate surface area is 101 Å². The van der Waals surface area contributed by atoms with Gasteiger partial charge in [0, 0.05) is 19.0 Å². The third-order valence-electron chi connectivity index (χ3n) is 2.77. The van der Waals surface area contributed by atoms with Crippen LogP contribution in [0.4, 0.5) is 0 Å². The van der Waals surface area contributed by atoms with Crippen LogP contribution in [0.25, 0.3) is 0 Å². The van der Waals surface area contributed by atoms with Crippen molar-refractivity contribution in [1.29, 1.82) is 0 Å². The number of rotatable bonds is 2. The number of amides is 1. The second-order valence-corrected chi connectivity index (χ2v) is 4.04. The third-order valence-corrected chi connectivity index (χ3v) is 2.77. The fraction of sp³-hybridized carbons (Fsp3) is 0.364. The molecule has 1 aromatic heterocycles. The van der Waals surface area contributed by atoms with E-state index < -0.39 is 29.6 Å². The largest absolute Gasteiger partial charge is 0.480 e. The molecule has 0 bridgehead atoms. The summed E-state index contributed by atoms with van der Waals surface area (Å²) in [6.45, 7) is -0.0467. The number of carbonyl (C=O) groups excluding carboxylic acids is 1. The van der Waals surface area contributed by atoms with Crippen molar-refractivity contribution in [2.45, 2.75) is 18.6 Å². The minimum atomic E-state index is -1.17. The lowest BCUT2D eigenvalue weighted by molar-refractivity contribution is -0.141. The van der Waals surface area contributed by atoms with Crippen molar-refractivity contribution in [3.05, 3.63) is 34.4 Å². The Morgan fingerprint density at radius 2 is 2.11 bits per heavy atom. The normalized spacial score (nSPS) is 23.1. The van der Waals surface area contributed by atoms with E-state index in [1.807, 2.05) is 0 Å². The minimum Gasteiger partial charge on any atom is -0.480 e. The Bertz CT molecular complexity index is 516. The van der Waals surface area contributed by atoms with Crippen LogP contribution in [0.3, 0.4) is 0 Å². The van der Waals surface area contributed by atoms with Crippen molar-refractivity contribution in [2.24, 2.45) is 0 Å². The Hall–Kier alpha value is -2.15. The monoisotopic (exact) mass is 253 g/mol. The van der Waals surface area contributed by atoms with E-state index in [0.29, 0.717) is 0 Å². The molecule has 7 nitrogen and oxygen atoms in total. The number of aliphatic hydroxyl groups is 1. The molecule has 1 amide bonds. The van der Waals surface area contributed by atoms with Gasteiger partial charge in [0.1, 0.15) is 12.3 Å². The fourth-order valence-electron chi connectivity index (χ4n) is 1.92. The Morgan fingerprint density at radius 3 is 2.67 bits per heavy atom. The number of carboxylic acids is 1. The second kappa shape index (κ2) is 4.61. The highest BCUT2D eigenvalue weighted by Crippen LogP contribution is 2.20. The van der Waals surface area contributed by atoms with Gasteiger partial charge in [0.25, 0.3) is 5.91 Å². The van der Waals surface area contributed by atoms with Gasteiger partial charge in [-0.15, -0.1) is 0 Å². The lowest BCUT2D eigenvalue weighted by Crippen LogP contribution is -2.40. The zero-order valence-corrected chi connectivity index (χ0v) is 9.28. The highest BCUT2D eigenvalue weighted by molar-refractivity contribution is 5.96. The van der Waals surface area contributed by atoms with Crippen LogP contribution >= 0.6 is 0 Å². The first-order valence-corrected chi connectivity index (χ1v) is 5.29. The summed E-state index contributed by atoms with van der Waals surface area (Å²) in [5.41, 5.74) is -0.516. The standard InChI is InChI=1S/C11H11NO6/c13-7-3-8(11(16)17)12(4-7)10(15)6-1-2-9(14)18-5-6/h1-2,5,7-8,13H,3-4H2,(H,16,17). The molecule has 1 aliphatic rings. The Kier molecular flexibility index (Phi) is 3.15. The molecule has 1 aromatic rings. The van der Waals surface area contributed by atoms with E-state index in [9.17, 15) is 19.5 Å². The smallest absolute Gasteiger partial charge is 0.335 e. The van der Waals surface area contributed by atoms with Gasteiger partial charge in [-0.25, -0.2) is 9.59 Å². The Balaban J connectivity index is 2.25. The van der Waals surface area contributed by atoms with Crippen molar-refractivity contribution in [3.8, 4) is 0 Å². The maximum Gasteiger partial charge on any atom is 0.335 e. The molecule has 0 radical (unpaired) electrons. The summed E-state index contributed by atoms with van der Waals surface area (Å²) in [7, 11) is 0. The molecule has 7 heteroatoms. The number of carboxylic acid groups (broad SMARTS) is 1. The fourth-order valence-corrected chi connectivity index (χ4v) is 1.92. The van der Waals surface area contributed by atoms with Crippen molar-refractivity contribution in [3.63, 3.8) is 0 Å². The van der Waals surface area contributed by atoms with E-state index in [-0.39, 0.29) is 18.5 Å². The van der Waals surface area contributed by atoms with E-state index in [1.165, 1.54) is 6.07 Å². The summed E-state index contributed by atoms with van der Waals surface area (Å²) in [6, 6.07) is 1.28. The van der Waals surface area contributed by atoms with Gasteiger partial charge in [-0.1, -0.05) is 0 Å². The molecule has 18 heavy (non-hydrogen) atoms. The summed E-state index contributed by atoms with van der Waals surface area (Å²) in [4.78, 5) is 34.8. The van der Waals surface area contributed by atoms with Crippen molar-refractivity contribution in [1.82, 2.24) is 4.90 Å². The average Bonchev–Trinajstić information content (AvgIpc) is 2.71. The summed E-state index contributed by atoms with van der Waals surface area (Å²) in [5.74, 6) is -1.75. The van der Waals surface area contributed by atoms with Crippen molar-refractivity contribution < 1.29 is 24.2 Å². The minimum absolute atomic E-state index is 0.00213. The first kappa shape index (κ1) is 12.3. The van der Waals surface area contributed by atoms with E-state index in [4.69, 9.17) is 5.11 Å². The summed E-state index contributed by atoms with van der Waals surface area (Å²) < 4.78 is 4.55. The van der Waals surface area contributed by atoms with E-state index in [1.54, 1.807) is 0 Å². The molecule has 1 aliphatic heterocycles. The number of β-amino-alcohol motifs (C(OH)–C–C–N with tert-alkyl or cyclic N) is 1. The van der Waals surface area contributed by atoms with Crippen LogP contribution in [-0.4, -0.2) is 45.7 Å².